The molecule has 1 aliphatic heterocycles. The van der Waals surface area contributed by atoms with Crippen LogP contribution in [0.4, 0.5) is 4.39 Å². The Morgan fingerprint density at radius 1 is 1.42 bits per heavy atom. The first-order valence-electron chi connectivity index (χ1n) is 8.39. The van der Waals surface area contributed by atoms with E-state index in [1.54, 1.807) is 12.1 Å². The van der Waals surface area contributed by atoms with Gasteiger partial charge in [-0.15, -0.1) is 6.42 Å². The highest BCUT2D eigenvalue weighted by molar-refractivity contribution is 5.79. The number of piperidine rings is 1. The van der Waals surface area contributed by atoms with E-state index in [9.17, 15) is 14.3 Å². The van der Waals surface area contributed by atoms with Gasteiger partial charge < -0.3 is 10.4 Å². The number of carbonyl (C=O) groups excluding carboxylic acids is 1. The zero-order valence-corrected chi connectivity index (χ0v) is 14.0. The summed E-state index contributed by atoms with van der Waals surface area (Å²) in [6.45, 7) is 4.19. The molecule has 2 atom stereocenters. The lowest BCUT2D eigenvalue weighted by atomic mass is 9.95. The summed E-state index contributed by atoms with van der Waals surface area (Å²) in [4.78, 5) is 14.5. The summed E-state index contributed by atoms with van der Waals surface area (Å²) >= 11 is 0. The van der Waals surface area contributed by atoms with Crippen molar-refractivity contribution in [2.45, 2.75) is 38.3 Å². The normalized spacial score (nSPS) is 18.6. The second kappa shape index (κ2) is 8.81. The number of amides is 1. The molecule has 1 heterocycles. The van der Waals surface area contributed by atoms with Gasteiger partial charge in [-0.2, -0.15) is 0 Å². The Morgan fingerprint density at radius 3 is 2.62 bits per heavy atom. The highest BCUT2D eigenvalue weighted by atomic mass is 19.1. The molecule has 5 heteroatoms. The molecule has 2 unspecified atom stereocenters. The Bertz CT molecular complexity index is 574. The van der Waals surface area contributed by atoms with Crippen LogP contribution < -0.4 is 5.32 Å². The summed E-state index contributed by atoms with van der Waals surface area (Å²) in [5.41, 5.74) is 0.653. The Balaban J connectivity index is 1.77. The summed E-state index contributed by atoms with van der Waals surface area (Å²) in [5.74, 6) is 2.34. The second-order valence-electron chi connectivity index (χ2n) is 6.47. The number of rotatable bonds is 6. The molecule has 1 fully saturated rings. The van der Waals surface area contributed by atoms with Gasteiger partial charge in [-0.25, -0.2) is 4.39 Å². The molecule has 0 aliphatic carbocycles. The molecular formula is C19H25FN2O2. The van der Waals surface area contributed by atoms with Crippen molar-refractivity contribution in [2.24, 2.45) is 5.92 Å². The molecule has 0 aromatic heterocycles. The first kappa shape index (κ1) is 18.4. The SMILES string of the molecule is C#CCN1CCC(C(=O)NC(C)CC(O)c2ccc(F)cc2)CC1. The minimum absolute atomic E-state index is 0.00411. The van der Waals surface area contributed by atoms with Gasteiger partial charge in [0.1, 0.15) is 5.82 Å². The monoisotopic (exact) mass is 332 g/mol. The Labute approximate surface area is 143 Å². The molecule has 2 rings (SSSR count). The average Bonchev–Trinajstić information content (AvgIpc) is 2.56. The van der Waals surface area contributed by atoms with Crippen LogP contribution in [0.5, 0.6) is 0 Å². The predicted octanol–water partition coefficient (Wildman–Crippen LogP) is 2.10. The number of likely N-dealkylation sites (tertiary alicyclic amines) is 1. The van der Waals surface area contributed by atoms with E-state index in [-0.39, 0.29) is 23.7 Å². The molecule has 130 valence electrons. The molecule has 4 nitrogen and oxygen atoms in total. The zero-order valence-electron chi connectivity index (χ0n) is 14.0. The fourth-order valence-electron chi connectivity index (χ4n) is 3.06. The predicted molar refractivity (Wildman–Crippen MR) is 91.6 cm³/mol. The van der Waals surface area contributed by atoms with Crippen molar-refractivity contribution in [3.05, 3.63) is 35.6 Å². The van der Waals surface area contributed by atoms with Crippen molar-refractivity contribution < 1.29 is 14.3 Å². The maximum atomic E-state index is 12.9. The number of halogens is 1. The molecule has 0 radical (unpaired) electrons. The van der Waals surface area contributed by atoms with Gasteiger partial charge in [-0.05, 0) is 57.0 Å². The van der Waals surface area contributed by atoms with Crippen LogP contribution in [-0.4, -0.2) is 41.6 Å². The second-order valence-corrected chi connectivity index (χ2v) is 6.47. The number of nitrogens with one attached hydrogen (secondary N) is 1. The van der Waals surface area contributed by atoms with E-state index in [2.05, 4.69) is 16.1 Å². The number of nitrogens with zero attached hydrogens (tertiary/aromatic N) is 1. The third-order valence-electron chi connectivity index (χ3n) is 4.49. The number of hydrogen-bond donors (Lipinski definition) is 2. The van der Waals surface area contributed by atoms with Crippen LogP contribution in [0, 0.1) is 24.1 Å². The van der Waals surface area contributed by atoms with Gasteiger partial charge >= 0.3 is 0 Å². The van der Waals surface area contributed by atoms with E-state index in [4.69, 9.17) is 6.42 Å². The van der Waals surface area contributed by atoms with Gasteiger partial charge in [0.25, 0.3) is 0 Å². The van der Waals surface area contributed by atoms with Crippen LogP contribution in [0.1, 0.15) is 37.9 Å². The molecule has 0 bridgehead atoms. The van der Waals surface area contributed by atoms with E-state index in [1.807, 2.05) is 6.92 Å². The average molecular weight is 332 g/mol. The van der Waals surface area contributed by atoms with E-state index >= 15 is 0 Å². The minimum Gasteiger partial charge on any atom is -0.388 e. The van der Waals surface area contributed by atoms with Crippen LogP contribution in [0.2, 0.25) is 0 Å². The van der Waals surface area contributed by atoms with E-state index in [1.165, 1.54) is 12.1 Å². The maximum absolute atomic E-state index is 12.9. The van der Waals surface area contributed by atoms with Crippen molar-refractivity contribution in [1.29, 1.82) is 0 Å². The molecule has 0 saturated carbocycles. The fraction of sp³-hybridized carbons (Fsp3) is 0.526. The highest BCUT2D eigenvalue weighted by Crippen LogP contribution is 2.20. The molecule has 24 heavy (non-hydrogen) atoms. The van der Waals surface area contributed by atoms with Gasteiger partial charge in [-0.1, -0.05) is 18.1 Å². The number of carbonyl (C=O) groups is 1. The van der Waals surface area contributed by atoms with E-state index in [0.717, 1.165) is 25.9 Å². The summed E-state index contributed by atoms with van der Waals surface area (Å²) in [6.07, 6.45) is 6.59. The van der Waals surface area contributed by atoms with Gasteiger partial charge in [0.2, 0.25) is 5.91 Å². The lowest BCUT2D eigenvalue weighted by Gasteiger charge is -2.30. The topological polar surface area (TPSA) is 52.6 Å². The largest absolute Gasteiger partial charge is 0.388 e. The Morgan fingerprint density at radius 2 is 2.04 bits per heavy atom. The van der Waals surface area contributed by atoms with E-state index < -0.39 is 6.10 Å². The number of aliphatic hydroxyl groups excluding tert-OH is 1. The molecule has 1 aromatic carbocycles. The first-order chi connectivity index (χ1) is 11.5. The standard InChI is InChI=1S/C19H25FN2O2/c1-3-10-22-11-8-16(9-12-22)19(24)21-14(2)13-18(23)15-4-6-17(20)7-5-15/h1,4-7,14,16,18,23H,8-13H2,2H3,(H,21,24). The summed E-state index contributed by atoms with van der Waals surface area (Å²) in [7, 11) is 0. The number of benzene rings is 1. The fourth-order valence-corrected chi connectivity index (χ4v) is 3.06. The smallest absolute Gasteiger partial charge is 0.223 e. The molecular weight excluding hydrogens is 307 g/mol. The highest BCUT2D eigenvalue weighted by Gasteiger charge is 2.25. The summed E-state index contributed by atoms with van der Waals surface area (Å²) in [6, 6.07) is 5.63. The lowest BCUT2D eigenvalue weighted by Crippen LogP contribution is -2.43. The van der Waals surface area contributed by atoms with Gasteiger partial charge in [0.15, 0.2) is 0 Å². The number of aliphatic hydroxyl groups is 1. The lowest BCUT2D eigenvalue weighted by molar-refractivity contribution is -0.127. The van der Waals surface area contributed by atoms with Crippen molar-refractivity contribution in [3.8, 4) is 12.3 Å². The Hall–Kier alpha value is -1.90. The summed E-state index contributed by atoms with van der Waals surface area (Å²) in [5, 5.41) is 13.2. The first-order valence-corrected chi connectivity index (χ1v) is 8.39. The Kier molecular flexibility index (Phi) is 6.77. The van der Waals surface area contributed by atoms with Crippen LogP contribution in [0.3, 0.4) is 0 Å². The van der Waals surface area contributed by atoms with E-state index in [0.29, 0.717) is 18.5 Å². The van der Waals surface area contributed by atoms with Gasteiger partial charge in [-0.3, -0.25) is 9.69 Å². The van der Waals surface area contributed by atoms with Crippen molar-refractivity contribution in [2.75, 3.05) is 19.6 Å². The van der Waals surface area contributed by atoms with Crippen LogP contribution in [0.15, 0.2) is 24.3 Å². The zero-order chi connectivity index (χ0) is 17.5. The van der Waals surface area contributed by atoms with Crippen molar-refractivity contribution in [3.63, 3.8) is 0 Å². The maximum Gasteiger partial charge on any atom is 0.223 e. The minimum atomic E-state index is -0.724. The summed E-state index contributed by atoms with van der Waals surface area (Å²) < 4.78 is 12.9. The third-order valence-corrected chi connectivity index (χ3v) is 4.49. The molecule has 1 aliphatic rings. The molecule has 2 N–H and O–H groups in total. The van der Waals surface area contributed by atoms with Crippen molar-refractivity contribution in [1.82, 2.24) is 10.2 Å². The van der Waals surface area contributed by atoms with Gasteiger partial charge in [0.05, 0.1) is 12.6 Å². The number of terminal acetylenes is 1. The van der Waals surface area contributed by atoms with Crippen LogP contribution in [-0.2, 0) is 4.79 Å². The molecule has 0 spiro atoms. The quantitative estimate of drug-likeness (QED) is 0.785. The van der Waals surface area contributed by atoms with Crippen LogP contribution >= 0.6 is 0 Å². The van der Waals surface area contributed by atoms with Crippen LogP contribution in [0.25, 0.3) is 0 Å². The molecule has 1 amide bonds. The molecule has 1 saturated heterocycles. The third kappa shape index (κ3) is 5.33. The van der Waals surface area contributed by atoms with Gasteiger partial charge in [0, 0.05) is 12.0 Å². The van der Waals surface area contributed by atoms with Crippen molar-refractivity contribution >= 4 is 5.91 Å². The number of hydrogen-bond acceptors (Lipinski definition) is 3. The molecule has 1 aromatic rings.